The van der Waals surface area contributed by atoms with Gasteiger partial charge in [0.15, 0.2) is 0 Å². The highest BCUT2D eigenvalue weighted by molar-refractivity contribution is 6.30. The molecule has 4 heterocycles. The number of halogens is 1. The van der Waals surface area contributed by atoms with Crippen LogP contribution in [0.5, 0.6) is 0 Å². The van der Waals surface area contributed by atoms with Crippen LogP contribution in [0.2, 0.25) is 5.02 Å². The number of benzene rings is 1. The number of fused-ring (bicyclic) bond motifs is 2. The summed E-state index contributed by atoms with van der Waals surface area (Å²) in [4.78, 5) is 20.6. The molecule has 0 unspecified atom stereocenters. The van der Waals surface area contributed by atoms with Crippen LogP contribution in [0.3, 0.4) is 0 Å². The number of rotatable bonds is 4. The van der Waals surface area contributed by atoms with Gasteiger partial charge < -0.3 is 15.0 Å². The molecule has 1 fully saturated rings. The van der Waals surface area contributed by atoms with E-state index in [1.165, 1.54) is 0 Å². The highest BCUT2D eigenvalue weighted by atomic mass is 35.5. The zero-order valence-electron chi connectivity index (χ0n) is 16.0. The van der Waals surface area contributed by atoms with Crippen molar-refractivity contribution >= 4 is 34.0 Å². The van der Waals surface area contributed by atoms with Crippen LogP contribution in [-0.2, 0) is 4.74 Å². The van der Waals surface area contributed by atoms with Crippen LogP contribution in [0.25, 0.3) is 27.8 Å². The van der Waals surface area contributed by atoms with Crippen molar-refractivity contribution in [2.45, 2.75) is 25.9 Å². The maximum atomic E-state index is 12.9. The van der Waals surface area contributed by atoms with Crippen molar-refractivity contribution in [2.75, 3.05) is 18.5 Å². The second kappa shape index (κ2) is 7.21. The van der Waals surface area contributed by atoms with Gasteiger partial charge in [-0.2, -0.15) is 0 Å². The molecule has 3 aromatic heterocycles. The highest BCUT2D eigenvalue weighted by Crippen LogP contribution is 2.30. The van der Waals surface area contributed by atoms with E-state index >= 15 is 0 Å². The molecule has 0 radical (unpaired) electrons. The Morgan fingerprint density at radius 2 is 2.21 bits per heavy atom. The van der Waals surface area contributed by atoms with E-state index in [4.69, 9.17) is 21.3 Å². The number of H-pyrrole nitrogens is 1. The molecule has 1 aliphatic rings. The number of aromatic amines is 1. The SMILES string of the molecule is Cc1ccc2[nH]c(=O)c(-c3nc4ccc(Cl)cn4c3NC[C@@H]3CCCO3)cc2c1. The molecular weight excluding hydrogens is 388 g/mol. The number of anilines is 1. The summed E-state index contributed by atoms with van der Waals surface area (Å²) in [6, 6.07) is 11.5. The molecule has 7 heteroatoms. The van der Waals surface area contributed by atoms with Crippen molar-refractivity contribution in [3.8, 4) is 11.3 Å². The lowest BCUT2D eigenvalue weighted by Gasteiger charge is -2.13. The molecule has 0 bridgehead atoms. The minimum atomic E-state index is -0.170. The molecular formula is C22H21ClN4O2. The maximum Gasteiger partial charge on any atom is 0.258 e. The monoisotopic (exact) mass is 408 g/mol. The molecule has 4 aromatic rings. The number of aryl methyl sites for hydroxylation is 1. The van der Waals surface area contributed by atoms with E-state index in [-0.39, 0.29) is 11.7 Å². The van der Waals surface area contributed by atoms with E-state index < -0.39 is 0 Å². The van der Waals surface area contributed by atoms with Crippen LogP contribution >= 0.6 is 11.6 Å². The lowest BCUT2D eigenvalue weighted by Crippen LogP contribution is -2.20. The lowest BCUT2D eigenvalue weighted by molar-refractivity contribution is 0.120. The van der Waals surface area contributed by atoms with E-state index in [2.05, 4.69) is 16.4 Å². The van der Waals surface area contributed by atoms with Gasteiger partial charge in [-0.05, 0) is 55.5 Å². The molecule has 0 spiro atoms. The normalized spacial score (nSPS) is 16.7. The number of nitrogens with zero attached hydrogens (tertiary/aromatic N) is 2. The molecule has 6 nitrogen and oxygen atoms in total. The molecule has 1 aromatic carbocycles. The first-order valence-electron chi connectivity index (χ1n) is 9.75. The number of pyridine rings is 2. The minimum absolute atomic E-state index is 0.158. The Kier molecular flexibility index (Phi) is 4.53. The number of aromatic nitrogens is 3. The first kappa shape index (κ1) is 18.2. The Morgan fingerprint density at radius 3 is 3.03 bits per heavy atom. The Hall–Kier alpha value is -2.83. The van der Waals surface area contributed by atoms with Gasteiger partial charge in [0.1, 0.15) is 17.2 Å². The van der Waals surface area contributed by atoms with Crippen LogP contribution in [0.15, 0.2) is 47.4 Å². The summed E-state index contributed by atoms with van der Waals surface area (Å²) in [5.74, 6) is 0.746. The largest absolute Gasteiger partial charge is 0.376 e. The Labute approximate surface area is 172 Å². The number of hydrogen-bond donors (Lipinski definition) is 2. The predicted octanol–water partition coefficient (Wildman–Crippen LogP) is 4.40. The molecule has 2 N–H and O–H groups in total. The van der Waals surface area contributed by atoms with Crippen molar-refractivity contribution in [1.29, 1.82) is 0 Å². The van der Waals surface area contributed by atoms with Gasteiger partial charge in [0, 0.05) is 24.9 Å². The number of ether oxygens (including phenoxy) is 1. The third-order valence-electron chi connectivity index (χ3n) is 5.36. The standard InChI is InChI=1S/C22H21ClN4O2/c1-13-4-6-18-14(9-13)10-17(22(28)25-18)20-21(24-11-16-3-2-8-29-16)27-12-15(23)5-7-19(27)26-20/h4-7,9-10,12,16,24H,2-3,8,11H2,1H3,(H,25,28)/t16-/m0/s1. The van der Waals surface area contributed by atoms with E-state index in [0.29, 0.717) is 22.8 Å². The first-order chi connectivity index (χ1) is 14.1. The van der Waals surface area contributed by atoms with Gasteiger partial charge in [-0.1, -0.05) is 23.2 Å². The van der Waals surface area contributed by atoms with Gasteiger partial charge in [-0.25, -0.2) is 4.98 Å². The van der Waals surface area contributed by atoms with E-state index in [1.807, 2.05) is 41.8 Å². The average Bonchev–Trinajstić information content (AvgIpc) is 3.33. The fourth-order valence-corrected chi connectivity index (χ4v) is 4.05. The van der Waals surface area contributed by atoms with Gasteiger partial charge in [-0.15, -0.1) is 0 Å². The Morgan fingerprint density at radius 1 is 1.31 bits per heavy atom. The summed E-state index contributed by atoms with van der Waals surface area (Å²) < 4.78 is 7.64. The van der Waals surface area contributed by atoms with Crippen molar-refractivity contribution in [2.24, 2.45) is 0 Å². The Bertz CT molecular complexity index is 1270. The molecule has 1 atom stereocenters. The molecule has 148 valence electrons. The first-order valence-corrected chi connectivity index (χ1v) is 10.1. The van der Waals surface area contributed by atoms with Crippen LogP contribution in [0, 0.1) is 6.92 Å². The zero-order valence-corrected chi connectivity index (χ0v) is 16.8. The average molecular weight is 409 g/mol. The zero-order chi connectivity index (χ0) is 20.0. The number of imidazole rings is 1. The molecule has 0 aliphatic carbocycles. The summed E-state index contributed by atoms with van der Waals surface area (Å²) in [7, 11) is 0. The fourth-order valence-electron chi connectivity index (χ4n) is 3.89. The maximum absolute atomic E-state index is 12.9. The molecule has 5 rings (SSSR count). The molecule has 1 aliphatic heterocycles. The summed E-state index contributed by atoms with van der Waals surface area (Å²) >= 11 is 6.23. The van der Waals surface area contributed by atoms with E-state index in [0.717, 1.165) is 47.4 Å². The second-order valence-corrected chi connectivity index (χ2v) is 7.94. The van der Waals surface area contributed by atoms with Crippen LogP contribution < -0.4 is 10.9 Å². The van der Waals surface area contributed by atoms with Gasteiger partial charge in [0.2, 0.25) is 0 Å². The van der Waals surface area contributed by atoms with E-state index in [9.17, 15) is 4.79 Å². The second-order valence-electron chi connectivity index (χ2n) is 7.50. The van der Waals surface area contributed by atoms with Gasteiger partial charge in [-0.3, -0.25) is 9.20 Å². The fraction of sp³-hybridized carbons (Fsp3) is 0.273. The summed E-state index contributed by atoms with van der Waals surface area (Å²) in [6.45, 7) is 3.48. The molecule has 1 saturated heterocycles. The van der Waals surface area contributed by atoms with Crippen LogP contribution in [0.4, 0.5) is 5.82 Å². The lowest BCUT2D eigenvalue weighted by atomic mass is 10.1. The number of hydrogen-bond acceptors (Lipinski definition) is 4. The third-order valence-corrected chi connectivity index (χ3v) is 5.58. The van der Waals surface area contributed by atoms with Crippen molar-refractivity contribution in [1.82, 2.24) is 14.4 Å². The van der Waals surface area contributed by atoms with Crippen LogP contribution in [0.1, 0.15) is 18.4 Å². The third kappa shape index (κ3) is 3.39. The Balaban J connectivity index is 1.67. The highest BCUT2D eigenvalue weighted by Gasteiger charge is 2.21. The minimum Gasteiger partial charge on any atom is -0.376 e. The van der Waals surface area contributed by atoms with Gasteiger partial charge >= 0.3 is 0 Å². The topological polar surface area (TPSA) is 71.4 Å². The van der Waals surface area contributed by atoms with Crippen LogP contribution in [-0.4, -0.2) is 33.6 Å². The molecule has 0 amide bonds. The van der Waals surface area contributed by atoms with Crippen molar-refractivity contribution < 1.29 is 4.74 Å². The van der Waals surface area contributed by atoms with Gasteiger partial charge in [0.05, 0.1) is 16.7 Å². The van der Waals surface area contributed by atoms with Crippen molar-refractivity contribution in [3.05, 3.63) is 63.5 Å². The van der Waals surface area contributed by atoms with Crippen molar-refractivity contribution in [3.63, 3.8) is 0 Å². The van der Waals surface area contributed by atoms with Gasteiger partial charge in [0.25, 0.3) is 5.56 Å². The summed E-state index contributed by atoms with van der Waals surface area (Å²) in [6.07, 6.45) is 4.06. The quantitative estimate of drug-likeness (QED) is 0.525. The summed E-state index contributed by atoms with van der Waals surface area (Å²) in [5, 5.41) is 5.03. The predicted molar refractivity (Wildman–Crippen MR) is 116 cm³/mol. The molecule has 29 heavy (non-hydrogen) atoms. The molecule has 0 saturated carbocycles. The number of nitrogens with one attached hydrogen (secondary N) is 2. The smallest absolute Gasteiger partial charge is 0.258 e. The van der Waals surface area contributed by atoms with E-state index in [1.54, 1.807) is 6.07 Å². The summed E-state index contributed by atoms with van der Waals surface area (Å²) in [5.41, 5.74) is 3.63.